The lowest BCUT2D eigenvalue weighted by Crippen LogP contribution is -2.52. The van der Waals surface area contributed by atoms with Gasteiger partial charge in [-0.05, 0) is 17.5 Å². The number of hydrogen-bond donors (Lipinski definition) is 0. The molecule has 1 atom stereocenters. The van der Waals surface area contributed by atoms with Crippen molar-refractivity contribution in [3.63, 3.8) is 0 Å². The zero-order valence-electron chi connectivity index (χ0n) is 14.5. The van der Waals surface area contributed by atoms with E-state index < -0.39 is 17.6 Å². The van der Waals surface area contributed by atoms with Crippen molar-refractivity contribution in [2.24, 2.45) is 0 Å². The third-order valence-corrected chi connectivity index (χ3v) is 4.47. The number of amides is 1. The first kappa shape index (κ1) is 17.7. The summed E-state index contributed by atoms with van der Waals surface area (Å²) >= 11 is 0. The van der Waals surface area contributed by atoms with Crippen LogP contribution in [0.3, 0.4) is 0 Å². The Morgan fingerprint density at radius 1 is 1.12 bits per heavy atom. The van der Waals surface area contributed by atoms with Crippen LogP contribution in [0.4, 0.5) is 4.79 Å². The summed E-state index contributed by atoms with van der Waals surface area (Å²) in [6, 6.07) is 18.9. The molecule has 1 fully saturated rings. The van der Waals surface area contributed by atoms with Crippen molar-refractivity contribution >= 4 is 12.1 Å². The van der Waals surface area contributed by atoms with Gasteiger partial charge in [-0.15, -0.1) is 6.58 Å². The highest BCUT2D eigenvalue weighted by Gasteiger charge is 2.52. The van der Waals surface area contributed by atoms with Crippen LogP contribution in [0.2, 0.25) is 0 Å². The van der Waals surface area contributed by atoms with Gasteiger partial charge in [0.25, 0.3) is 0 Å². The zero-order chi connectivity index (χ0) is 18.4. The largest absolute Gasteiger partial charge is 0.444 e. The van der Waals surface area contributed by atoms with Crippen molar-refractivity contribution < 1.29 is 19.1 Å². The molecule has 1 saturated heterocycles. The molecule has 3 rings (SSSR count). The monoisotopic (exact) mass is 351 g/mol. The van der Waals surface area contributed by atoms with E-state index in [9.17, 15) is 9.59 Å². The number of hydrogen-bond acceptors (Lipinski definition) is 4. The molecule has 0 aliphatic carbocycles. The number of esters is 1. The number of nitrogens with zero attached hydrogens (tertiary/aromatic N) is 1. The van der Waals surface area contributed by atoms with Gasteiger partial charge in [0.05, 0.1) is 0 Å². The number of carbonyl (C=O) groups excluding carboxylic acids is 2. The fourth-order valence-electron chi connectivity index (χ4n) is 3.12. The number of rotatable bonds is 6. The van der Waals surface area contributed by atoms with Gasteiger partial charge in [-0.2, -0.15) is 0 Å². The van der Waals surface area contributed by atoms with E-state index in [1.54, 1.807) is 6.08 Å². The highest BCUT2D eigenvalue weighted by atomic mass is 16.6. The summed E-state index contributed by atoms with van der Waals surface area (Å²) in [5, 5.41) is 0. The van der Waals surface area contributed by atoms with Gasteiger partial charge in [-0.3, -0.25) is 4.90 Å². The lowest BCUT2D eigenvalue weighted by atomic mass is 9.87. The van der Waals surface area contributed by atoms with Crippen LogP contribution < -0.4 is 0 Å². The standard InChI is InChI=1S/C21H21NO4/c1-2-13-21(14-17-9-5-3-6-10-17)19(23)26-16-22(21)20(24)25-15-18-11-7-4-8-12-18/h2-12H,1,13-16H2/t21-/m0/s1. The lowest BCUT2D eigenvalue weighted by Gasteiger charge is -2.32. The molecule has 1 aliphatic rings. The van der Waals surface area contributed by atoms with E-state index in [0.29, 0.717) is 12.8 Å². The van der Waals surface area contributed by atoms with Crippen molar-refractivity contribution in [1.82, 2.24) is 4.90 Å². The molecule has 0 aromatic heterocycles. The number of cyclic esters (lactones) is 1. The molecule has 0 bridgehead atoms. The summed E-state index contributed by atoms with van der Waals surface area (Å²) in [5.41, 5.74) is 0.690. The van der Waals surface area contributed by atoms with Gasteiger partial charge in [0.1, 0.15) is 6.61 Å². The maximum Gasteiger partial charge on any atom is 0.413 e. The lowest BCUT2D eigenvalue weighted by molar-refractivity contribution is -0.142. The fraction of sp³-hybridized carbons (Fsp3) is 0.238. The predicted molar refractivity (Wildman–Crippen MR) is 97.1 cm³/mol. The van der Waals surface area contributed by atoms with Crippen LogP contribution in [0.25, 0.3) is 0 Å². The second-order valence-corrected chi connectivity index (χ2v) is 6.22. The van der Waals surface area contributed by atoms with Crippen molar-refractivity contribution in [3.8, 4) is 0 Å². The molecule has 0 saturated carbocycles. The van der Waals surface area contributed by atoms with Gasteiger partial charge in [-0.1, -0.05) is 66.7 Å². The van der Waals surface area contributed by atoms with Gasteiger partial charge in [0, 0.05) is 6.42 Å². The van der Waals surface area contributed by atoms with E-state index in [4.69, 9.17) is 9.47 Å². The summed E-state index contributed by atoms with van der Waals surface area (Å²) in [4.78, 5) is 26.6. The minimum absolute atomic E-state index is 0.118. The molecule has 2 aromatic carbocycles. The van der Waals surface area contributed by atoms with E-state index >= 15 is 0 Å². The Morgan fingerprint density at radius 2 is 1.73 bits per heavy atom. The number of carbonyl (C=O) groups is 2. The van der Waals surface area contributed by atoms with E-state index in [-0.39, 0.29) is 13.3 Å². The van der Waals surface area contributed by atoms with Crippen molar-refractivity contribution in [3.05, 3.63) is 84.4 Å². The van der Waals surface area contributed by atoms with Crippen LogP contribution >= 0.6 is 0 Å². The molecule has 0 radical (unpaired) electrons. The van der Waals surface area contributed by atoms with Crippen molar-refractivity contribution in [2.45, 2.75) is 25.0 Å². The second-order valence-electron chi connectivity index (χ2n) is 6.22. The Balaban J connectivity index is 1.80. The third kappa shape index (κ3) is 3.61. The molecule has 1 amide bonds. The van der Waals surface area contributed by atoms with Gasteiger partial charge >= 0.3 is 12.1 Å². The normalized spacial score (nSPS) is 19.1. The summed E-state index contributed by atoms with van der Waals surface area (Å²) in [6.07, 6.45) is 1.70. The van der Waals surface area contributed by atoms with E-state index in [1.165, 1.54) is 4.90 Å². The molecule has 2 aromatic rings. The van der Waals surface area contributed by atoms with Crippen LogP contribution in [-0.2, 0) is 27.3 Å². The summed E-state index contributed by atoms with van der Waals surface area (Å²) in [5.74, 6) is -0.432. The van der Waals surface area contributed by atoms with Crippen LogP contribution in [0.5, 0.6) is 0 Å². The average Bonchev–Trinajstić information content (AvgIpc) is 2.98. The van der Waals surface area contributed by atoms with E-state index in [2.05, 4.69) is 6.58 Å². The first-order valence-corrected chi connectivity index (χ1v) is 8.46. The summed E-state index contributed by atoms with van der Waals surface area (Å²) in [6.45, 7) is 3.77. The molecule has 1 heterocycles. The zero-order valence-corrected chi connectivity index (χ0v) is 14.5. The first-order chi connectivity index (χ1) is 12.7. The van der Waals surface area contributed by atoms with Crippen molar-refractivity contribution in [2.75, 3.05) is 6.73 Å². The molecular weight excluding hydrogens is 330 g/mol. The summed E-state index contributed by atoms with van der Waals surface area (Å²) in [7, 11) is 0. The molecule has 0 spiro atoms. The Labute approximate surface area is 152 Å². The number of ether oxygens (including phenoxy) is 2. The molecule has 5 heteroatoms. The molecule has 134 valence electrons. The van der Waals surface area contributed by atoms with Crippen LogP contribution in [0, 0.1) is 0 Å². The molecule has 26 heavy (non-hydrogen) atoms. The minimum Gasteiger partial charge on any atom is -0.444 e. The van der Waals surface area contributed by atoms with Gasteiger partial charge in [0.15, 0.2) is 12.3 Å². The van der Waals surface area contributed by atoms with Crippen LogP contribution in [0.15, 0.2) is 73.3 Å². The Bertz CT molecular complexity index is 775. The second kappa shape index (κ2) is 7.87. The molecule has 1 aliphatic heterocycles. The van der Waals surface area contributed by atoms with Gasteiger partial charge in [0.2, 0.25) is 0 Å². The number of benzene rings is 2. The van der Waals surface area contributed by atoms with E-state index in [1.807, 2.05) is 60.7 Å². The molecule has 5 nitrogen and oxygen atoms in total. The quantitative estimate of drug-likeness (QED) is 0.588. The summed E-state index contributed by atoms with van der Waals surface area (Å²) < 4.78 is 10.6. The Hall–Kier alpha value is -3.08. The van der Waals surface area contributed by atoms with Crippen LogP contribution in [-0.4, -0.2) is 29.2 Å². The Morgan fingerprint density at radius 3 is 2.35 bits per heavy atom. The first-order valence-electron chi connectivity index (χ1n) is 8.46. The highest BCUT2D eigenvalue weighted by molar-refractivity contribution is 5.88. The van der Waals surface area contributed by atoms with Gasteiger partial charge < -0.3 is 9.47 Å². The molecule has 0 unspecified atom stereocenters. The fourth-order valence-corrected chi connectivity index (χ4v) is 3.12. The molecular formula is C21H21NO4. The maximum atomic E-state index is 12.7. The SMILES string of the molecule is C=CC[C@]1(Cc2ccccc2)C(=O)OCN1C(=O)OCc1ccccc1. The topological polar surface area (TPSA) is 55.8 Å². The molecule has 0 N–H and O–H groups in total. The predicted octanol–water partition coefficient (Wildman–Crippen LogP) is 3.70. The minimum atomic E-state index is -1.13. The average molecular weight is 351 g/mol. The Kier molecular flexibility index (Phi) is 5.37. The van der Waals surface area contributed by atoms with E-state index in [0.717, 1.165) is 11.1 Å². The van der Waals surface area contributed by atoms with Crippen molar-refractivity contribution in [1.29, 1.82) is 0 Å². The maximum absolute atomic E-state index is 12.7. The van der Waals surface area contributed by atoms with Crippen LogP contribution in [0.1, 0.15) is 17.5 Å². The van der Waals surface area contributed by atoms with Gasteiger partial charge in [-0.25, -0.2) is 9.59 Å². The highest BCUT2D eigenvalue weighted by Crippen LogP contribution is 2.33. The smallest absolute Gasteiger partial charge is 0.413 e. The third-order valence-electron chi connectivity index (χ3n) is 4.47.